The van der Waals surface area contributed by atoms with Crippen LogP contribution in [0.4, 0.5) is 5.69 Å². The number of piperazine rings is 1. The fourth-order valence-corrected chi connectivity index (χ4v) is 5.36. The number of sulfonamides is 1. The molecule has 7 nitrogen and oxygen atoms in total. The van der Waals surface area contributed by atoms with Crippen molar-refractivity contribution in [2.24, 2.45) is 0 Å². The van der Waals surface area contributed by atoms with Crippen LogP contribution in [0.25, 0.3) is 0 Å². The predicted molar refractivity (Wildman–Crippen MR) is 110 cm³/mol. The van der Waals surface area contributed by atoms with Crippen LogP contribution in [-0.4, -0.2) is 49.2 Å². The molecule has 0 saturated carbocycles. The molecule has 0 aromatic heterocycles. The van der Waals surface area contributed by atoms with Gasteiger partial charge in [0.05, 0.1) is 15.9 Å². The van der Waals surface area contributed by atoms with E-state index >= 15 is 0 Å². The number of hydrogen-bond acceptors (Lipinski definition) is 5. The van der Waals surface area contributed by atoms with E-state index < -0.39 is 14.9 Å². The second kappa shape index (κ2) is 8.57. The smallest absolute Gasteiger partial charge is 0.271 e. The SMILES string of the molecule is Cc1cc([N+](=O)[O-])cc(S(=O)(=O)N2CCN(C)CC2c2ccccc2)c1C.Cl. The number of non-ortho nitro benzene ring substituents is 1. The highest BCUT2D eigenvalue weighted by Crippen LogP contribution is 2.34. The summed E-state index contributed by atoms with van der Waals surface area (Å²) < 4.78 is 28.5. The summed E-state index contributed by atoms with van der Waals surface area (Å²) in [5.41, 5.74) is 1.84. The first kappa shape index (κ1) is 22.3. The minimum absolute atomic E-state index is 0. The first-order valence-corrected chi connectivity index (χ1v) is 10.2. The normalized spacial score (nSPS) is 18.5. The highest BCUT2D eigenvalue weighted by atomic mass is 35.5. The lowest BCUT2D eigenvalue weighted by Crippen LogP contribution is -2.49. The molecule has 2 aromatic carbocycles. The van der Waals surface area contributed by atoms with E-state index in [1.54, 1.807) is 13.8 Å². The molecular weight excluding hydrogens is 402 g/mol. The van der Waals surface area contributed by atoms with Crippen molar-refractivity contribution >= 4 is 28.1 Å². The molecule has 1 unspecified atom stereocenters. The fourth-order valence-electron chi connectivity index (χ4n) is 3.45. The van der Waals surface area contributed by atoms with Gasteiger partial charge in [-0.15, -0.1) is 12.4 Å². The van der Waals surface area contributed by atoms with Crippen molar-refractivity contribution in [1.82, 2.24) is 9.21 Å². The number of benzene rings is 2. The zero-order valence-electron chi connectivity index (χ0n) is 16.0. The Balaban J connectivity index is 0.00000280. The largest absolute Gasteiger partial charge is 0.303 e. The van der Waals surface area contributed by atoms with Gasteiger partial charge in [0.1, 0.15) is 0 Å². The van der Waals surface area contributed by atoms with Gasteiger partial charge < -0.3 is 4.90 Å². The maximum Gasteiger partial charge on any atom is 0.271 e. The number of halogens is 1. The summed E-state index contributed by atoms with van der Waals surface area (Å²) in [5.74, 6) is 0. The Bertz CT molecular complexity index is 967. The second-order valence-corrected chi connectivity index (χ2v) is 8.81. The van der Waals surface area contributed by atoms with Gasteiger partial charge in [0.15, 0.2) is 0 Å². The molecular formula is C19H24ClN3O4S. The van der Waals surface area contributed by atoms with Crippen LogP contribution in [0.3, 0.4) is 0 Å². The van der Waals surface area contributed by atoms with Gasteiger partial charge in [0.25, 0.3) is 5.69 Å². The van der Waals surface area contributed by atoms with Crippen LogP contribution < -0.4 is 0 Å². The summed E-state index contributed by atoms with van der Waals surface area (Å²) >= 11 is 0. The number of aryl methyl sites for hydroxylation is 1. The van der Waals surface area contributed by atoms with Crippen molar-refractivity contribution in [3.05, 3.63) is 69.3 Å². The van der Waals surface area contributed by atoms with Gasteiger partial charge in [-0.2, -0.15) is 4.31 Å². The molecule has 9 heteroatoms. The van der Waals surface area contributed by atoms with Crippen molar-refractivity contribution in [1.29, 1.82) is 0 Å². The third-order valence-corrected chi connectivity index (χ3v) is 7.15. The quantitative estimate of drug-likeness (QED) is 0.554. The van der Waals surface area contributed by atoms with E-state index in [4.69, 9.17) is 0 Å². The molecule has 0 bridgehead atoms. The third kappa shape index (κ3) is 4.20. The Labute approximate surface area is 171 Å². The topological polar surface area (TPSA) is 83.8 Å². The van der Waals surface area contributed by atoms with Crippen molar-refractivity contribution < 1.29 is 13.3 Å². The molecule has 0 N–H and O–H groups in total. The van der Waals surface area contributed by atoms with E-state index in [9.17, 15) is 18.5 Å². The standard InChI is InChI=1S/C19H23N3O4S.ClH/c1-14-11-17(22(23)24)12-19(15(14)2)27(25,26)21-10-9-20(3)13-18(21)16-7-5-4-6-8-16;/h4-8,11-12,18H,9-10,13H2,1-3H3;1H. The lowest BCUT2D eigenvalue weighted by molar-refractivity contribution is -0.385. The summed E-state index contributed by atoms with van der Waals surface area (Å²) in [4.78, 5) is 12.8. The van der Waals surface area contributed by atoms with E-state index in [-0.39, 0.29) is 29.0 Å². The molecule has 1 fully saturated rings. The molecule has 0 aliphatic carbocycles. The first-order valence-electron chi connectivity index (χ1n) is 8.73. The number of nitro benzene ring substituents is 1. The molecule has 1 aliphatic heterocycles. The van der Waals surface area contributed by atoms with E-state index in [0.29, 0.717) is 30.8 Å². The van der Waals surface area contributed by atoms with Gasteiger partial charge >= 0.3 is 0 Å². The summed E-state index contributed by atoms with van der Waals surface area (Å²) in [6.45, 7) is 4.89. The maximum absolute atomic E-state index is 13.5. The third-order valence-electron chi connectivity index (χ3n) is 5.12. The van der Waals surface area contributed by atoms with Crippen LogP contribution in [0.5, 0.6) is 0 Å². The lowest BCUT2D eigenvalue weighted by atomic mass is 10.1. The molecule has 1 heterocycles. The van der Waals surface area contributed by atoms with Crippen molar-refractivity contribution in [3.63, 3.8) is 0 Å². The van der Waals surface area contributed by atoms with Crippen molar-refractivity contribution in [2.75, 3.05) is 26.7 Å². The number of rotatable bonds is 4. The van der Waals surface area contributed by atoms with Crippen LogP contribution in [0, 0.1) is 24.0 Å². The Morgan fingerprint density at radius 3 is 2.36 bits per heavy atom. The van der Waals surface area contributed by atoms with Crippen molar-refractivity contribution in [2.45, 2.75) is 24.8 Å². The predicted octanol–water partition coefficient (Wildman–Crippen LogP) is 3.31. The van der Waals surface area contributed by atoms with Gasteiger partial charge in [-0.1, -0.05) is 30.3 Å². The van der Waals surface area contributed by atoms with E-state index in [0.717, 1.165) is 5.56 Å². The Kier molecular flexibility index (Phi) is 6.82. The van der Waals surface area contributed by atoms with E-state index in [2.05, 4.69) is 4.90 Å². The van der Waals surface area contributed by atoms with Crippen molar-refractivity contribution in [3.8, 4) is 0 Å². The fraction of sp³-hybridized carbons (Fsp3) is 0.368. The zero-order valence-corrected chi connectivity index (χ0v) is 17.7. The molecule has 0 spiro atoms. The second-order valence-electron chi connectivity index (χ2n) is 6.95. The van der Waals surface area contributed by atoms with Gasteiger partial charge in [-0.25, -0.2) is 8.42 Å². The summed E-state index contributed by atoms with van der Waals surface area (Å²) in [6, 6.07) is 11.7. The van der Waals surface area contributed by atoms with Crippen LogP contribution in [0.15, 0.2) is 47.4 Å². The summed E-state index contributed by atoms with van der Waals surface area (Å²) in [7, 11) is -1.93. The van der Waals surface area contributed by atoms with Gasteiger partial charge in [-0.05, 0) is 37.6 Å². The monoisotopic (exact) mass is 425 g/mol. The molecule has 0 amide bonds. The van der Waals surface area contributed by atoms with Crippen LogP contribution in [0.1, 0.15) is 22.7 Å². The Morgan fingerprint density at radius 1 is 1.11 bits per heavy atom. The lowest BCUT2D eigenvalue weighted by Gasteiger charge is -2.39. The van der Waals surface area contributed by atoms with Gasteiger partial charge in [0.2, 0.25) is 10.0 Å². The number of nitro groups is 1. The average molecular weight is 426 g/mol. The molecule has 3 rings (SSSR count). The highest BCUT2D eigenvalue weighted by molar-refractivity contribution is 7.89. The molecule has 0 radical (unpaired) electrons. The molecule has 1 atom stereocenters. The number of likely N-dealkylation sites (N-methyl/N-ethyl adjacent to an activating group) is 1. The molecule has 1 aliphatic rings. The maximum atomic E-state index is 13.5. The first-order chi connectivity index (χ1) is 12.7. The zero-order chi connectivity index (χ0) is 19.8. The van der Waals surface area contributed by atoms with Crippen LogP contribution in [-0.2, 0) is 10.0 Å². The van der Waals surface area contributed by atoms with Gasteiger partial charge in [0, 0.05) is 31.8 Å². The minimum atomic E-state index is -3.89. The Morgan fingerprint density at radius 2 is 1.75 bits per heavy atom. The number of hydrogen-bond donors (Lipinski definition) is 0. The Hall–Kier alpha value is -2.00. The molecule has 1 saturated heterocycles. The molecule has 152 valence electrons. The molecule has 28 heavy (non-hydrogen) atoms. The minimum Gasteiger partial charge on any atom is -0.303 e. The molecule has 2 aromatic rings. The highest BCUT2D eigenvalue weighted by Gasteiger charge is 2.37. The van der Waals surface area contributed by atoms with Crippen LogP contribution in [0.2, 0.25) is 0 Å². The van der Waals surface area contributed by atoms with E-state index in [1.165, 1.54) is 16.4 Å². The van der Waals surface area contributed by atoms with Gasteiger partial charge in [-0.3, -0.25) is 10.1 Å². The number of nitrogens with zero attached hydrogens (tertiary/aromatic N) is 3. The average Bonchev–Trinajstić information content (AvgIpc) is 2.64. The summed E-state index contributed by atoms with van der Waals surface area (Å²) in [6.07, 6.45) is 0. The van der Waals surface area contributed by atoms with E-state index in [1.807, 2.05) is 37.4 Å². The van der Waals surface area contributed by atoms with Crippen LogP contribution >= 0.6 is 12.4 Å². The summed E-state index contributed by atoms with van der Waals surface area (Å²) in [5, 5.41) is 11.2.